The van der Waals surface area contributed by atoms with Crippen LogP contribution in [-0.4, -0.2) is 12.5 Å². The molecule has 0 atom stereocenters. The van der Waals surface area contributed by atoms with E-state index in [9.17, 15) is 4.79 Å². The van der Waals surface area contributed by atoms with Crippen molar-refractivity contribution in [1.29, 1.82) is 0 Å². The maximum absolute atomic E-state index is 11.6. The Kier molecular flexibility index (Phi) is 3.43. The van der Waals surface area contributed by atoms with Crippen LogP contribution in [0.5, 0.6) is 0 Å². The van der Waals surface area contributed by atoms with Gasteiger partial charge >= 0.3 is 0 Å². The van der Waals surface area contributed by atoms with Crippen LogP contribution in [0.4, 0.5) is 5.69 Å². The minimum Gasteiger partial charge on any atom is -0.312 e. The van der Waals surface area contributed by atoms with Gasteiger partial charge in [-0.05, 0) is 55.0 Å². The van der Waals surface area contributed by atoms with Crippen LogP contribution in [0.2, 0.25) is 0 Å². The molecule has 1 amide bonds. The van der Waals surface area contributed by atoms with Gasteiger partial charge in [0, 0.05) is 25.0 Å². The lowest BCUT2D eigenvalue weighted by molar-refractivity contribution is -0.116. The Morgan fingerprint density at radius 1 is 1.47 bits per heavy atom. The third-order valence-electron chi connectivity index (χ3n) is 3.66. The molecule has 0 bridgehead atoms. The maximum atomic E-state index is 11.6. The minimum absolute atomic E-state index is 0.128. The molecule has 2 rings (SSSR count). The summed E-state index contributed by atoms with van der Waals surface area (Å²) in [6.45, 7) is 6.65. The number of alkyl halides is 1. The molecule has 92 valence electrons. The summed E-state index contributed by atoms with van der Waals surface area (Å²) in [5.74, 6) is 0.675. The van der Waals surface area contributed by atoms with Crippen molar-refractivity contribution in [3.05, 3.63) is 28.3 Å². The molecule has 0 fully saturated rings. The third-order valence-corrected chi connectivity index (χ3v) is 3.92. The SMILES string of the molecule is CC(=O)N1CCCc2c1cc(C)c(CCl)c2C. The van der Waals surface area contributed by atoms with E-state index in [-0.39, 0.29) is 5.91 Å². The lowest BCUT2D eigenvalue weighted by Gasteiger charge is -2.31. The van der Waals surface area contributed by atoms with E-state index in [2.05, 4.69) is 19.9 Å². The molecule has 0 aliphatic carbocycles. The van der Waals surface area contributed by atoms with Crippen LogP contribution in [0.25, 0.3) is 0 Å². The van der Waals surface area contributed by atoms with E-state index >= 15 is 0 Å². The first kappa shape index (κ1) is 12.4. The normalized spacial score (nSPS) is 14.7. The van der Waals surface area contributed by atoms with Crippen molar-refractivity contribution in [3.63, 3.8) is 0 Å². The summed E-state index contributed by atoms with van der Waals surface area (Å²) in [5.41, 5.74) is 6.06. The highest BCUT2D eigenvalue weighted by molar-refractivity contribution is 6.17. The third kappa shape index (κ3) is 2.06. The summed E-state index contributed by atoms with van der Waals surface area (Å²) in [6.07, 6.45) is 2.09. The van der Waals surface area contributed by atoms with E-state index in [1.54, 1.807) is 6.92 Å². The lowest BCUT2D eigenvalue weighted by Crippen LogP contribution is -2.34. The molecule has 0 unspecified atom stereocenters. The van der Waals surface area contributed by atoms with Crippen molar-refractivity contribution < 1.29 is 4.79 Å². The standard InChI is InChI=1S/C14H18ClNO/c1-9-7-14-12(10(2)13(9)8-15)5-4-6-16(14)11(3)17/h7H,4-6,8H2,1-3H3. The van der Waals surface area contributed by atoms with Crippen molar-refractivity contribution in [1.82, 2.24) is 0 Å². The Morgan fingerprint density at radius 2 is 2.18 bits per heavy atom. The molecule has 0 aromatic heterocycles. The summed E-state index contributed by atoms with van der Waals surface area (Å²) in [4.78, 5) is 13.5. The number of fused-ring (bicyclic) bond motifs is 1. The molecule has 1 heterocycles. The van der Waals surface area contributed by atoms with Gasteiger partial charge in [-0.2, -0.15) is 0 Å². The number of halogens is 1. The van der Waals surface area contributed by atoms with Crippen molar-refractivity contribution in [2.24, 2.45) is 0 Å². The van der Waals surface area contributed by atoms with Crippen molar-refractivity contribution in [2.75, 3.05) is 11.4 Å². The number of benzene rings is 1. The van der Waals surface area contributed by atoms with Gasteiger partial charge in [0.05, 0.1) is 0 Å². The van der Waals surface area contributed by atoms with Crippen LogP contribution >= 0.6 is 11.6 Å². The topological polar surface area (TPSA) is 20.3 Å². The Balaban J connectivity index is 2.61. The first-order chi connectivity index (χ1) is 8.06. The fraction of sp³-hybridized carbons (Fsp3) is 0.500. The van der Waals surface area contributed by atoms with Gasteiger partial charge in [0.15, 0.2) is 0 Å². The molecule has 1 aliphatic rings. The van der Waals surface area contributed by atoms with E-state index in [1.807, 2.05) is 4.90 Å². The van der Waals surface area contributed by atoms with E-state index in [4.69, 9.17) is 11.6 Å². The number of rotatable bonds is 1. The zero-order chi connectivity index (χ0) is 12.6. The highest BCUT2D eigenvalue weighted by atomic mass is 35.5. The van der Waals surface area contributed by atoms with Gasteiger partial charge in [-0.25, -0.2) is 0 Å². The fourth-order valence-corrected chi connectivity index (χ4v) is 3.08. The van der Waals surface area contributed by atoms with E-state index in [0.717, 1.165) is 25.1 Å². The molecule has 1 aromatic rings. The molecule has 0 saturated carbocycles. The first-order valence-corrected chi connectivity index (χ1v) is 6.55. The van der Waals surface area contributed by atoms with Gasteiger partial charge in [-0.15, -0.1) is 11.6 Å². The van der Waals surface area contributed by atoms with Gasteiger partial charge < -0.3 is 4.90 Å². The molecule has 17 heavy (non-hydrogen) atoms. The first-order valence-electron chi connectivity index (χ1n) is 6.02. The lowest BCUT2D eigenvalue weighted by atomic mass is 9.91. The highest BCUT2D eigenvalue weighted by Crippen LogP contribution is 2.34. The molecule has 1 aliphatic heterocycles. The Morgan fingerprint density at radius 3 is 2.76 bits per heavy atom. The second-order valence-electron chi connectivity index (χ2n) is 4.70. The average molecular weight is 252 g/mol. The number of hydrogen-bond donors (Lipinski definition) is 0. The summed E-state index contributed by atoms with van der Waals surface area (Å²) in [5, 5.41) is 0. The molecular weight excluding hydrogens is 234 g/mol. The van der Waals surface area contributed by atoms with Gasteiger partial charge in [0.1, 0.15) is 0 Å². The van der Waals surface area contributed by atoms with Crippen molar-refractivity contribution in [2.45, 2.75) is 39.5 Å². The number of carbonyl (C=O) groups excluding carboxylic acids is 1. The number of carbonyl (C=O) groups is 1. The zero-order valence-corrected chi connectivity index (χ0v) is 11.4. The summed E-state index contributed by atoms with van der Waals surface area (Å²) >= 11 is 6.00. The van der Waals surface area contributed by atoms with Crippen LogP contribution < -0.4 is 4.90 Å². The Bertz CT molecular complexity index is 468. The summed E-state index contributed by atoms with van der Waals surface area (Å²) in [7, 11) is 0. The molecule has 0 saturated heterocycles. The Labute approximate surface area is 108 Å². The molecule has 0 radical (unpaired) electrons. The van der Waals surface area contributed by atoms with Crippen LogP contribution in [0.3, 0.4) is 0 Å². The summed E-state index contributed by atoms with van der Waals surface area (Å²) < 4.78 is 0. The van der Waals surface area contributed by atoms with E-state index in [1.165, 1.54) is 22.3 Å². The van der Waals surface area contributed by atoms with Gasteiger partial charge in [0.25, 0.3) is 0 Å². The molecule has 0 N–H and O–H groups in total. The second-order valence-corrected chi connectivity index (χ2v) is 4.97. The fourth-order valence-electron chi connectivity index (χ4n) is 2.67. The van der Waals surface area contributed by atoms with Crippen LogP contribution in [0.1, 0.15) is 35.6 Å². The maximum Gasteiger partial charge on any atom is 0.223 e. The number of nitrogens with zero attached hydrogens (tertiary/aromatic N) is 1. The van der Waals surface area contributed by atoms with Crippen LogP contribution in [0, 0.1) is 13.8 Å². The molecular formula is C14H18ClNO. The van der Waals surface area contributed by atoms with Gasteiger partial charge in [0.2, 0.25) is 5.91 Å². The van der Waals surface area contributed by atoms with E-state index < -0.39 is 0 Å². The largest absolute Gasteiger partial charge is 0.312 e. The minimum atomic E-state index is 0.128. The summed E-state index contributed by atoms with van der Waals surface area (Å²) in [6, 6.07) is 2.11. The molecule has 0 spiro atoms. The van der Waals surface area contributed by atoms with E-state index in [0.29, 0.717) is 5.88 Å². The predicted molar refractivity (Wildman–Crippen MR) is 71.8 cm³/mol. The molecule has 2 nitrogen and oxygen atoms in total. The molecule has 3 heteroatoms. The number of hydrogen-bond acceptors (Lipinski definition) is 1. The smallest absolute Gasteiger partial charge is 0.223 e. The van der Waals surface area contributed by atoms with Gasteiger partial charge in [-0.3, -0.25) is 4.79 Å². The zero-order valence-electron chi connectivity index (χ0n) is 10.6. The number of anilines is 1. The van der Waals surface area contributed by atoms with Crippen molar-refractivity contribution >= 4 is 23.2 Å². The number of amides is 1. The van der Waals surface area contributed by atoms with Crippen LogP contribution in [0.15, 0.2) is 6.07 Å². The monoisotopic (exact) mass is 251 g/mol. The average Bonchev–Trinajstić information content (AvgIpc) is 2.28. The Hall–Kier alpha value is -1.02. The molecule has 1 aromatic carbocycles. The predicted octanol–water partition coefficient (Wildman–Crippen LogP) is 3.34. The number of aryl methyl sites for hydroxylation is 1. The van der Waals surface area contributed by atoms with Gasteiger partial charge in [-0.1, -0.05) is 0 Å². The quantitative estimate of drug-likeness (QED) is 0.701. The van der Waals surface area contributed by atoms with Crippen LogP contribution in [-0.2, 0) is 17.1 Å². The van der Waals surface area contributed by atoms with Crippen molar-refractivity contribution in [3.8, 4) is 0 Å². The second kappa shape index (κ2) is 4.69. The highest BCUT2D eigenvalue weighted by Gasteiger charge is 2.23.